The fraction of sp³-hybridized carbons (Fsp3) is 0.250. The summed E-state index contributed by atoms with van der Waals surface area (Å²) in [4.78, 5) is 0. The number of benzene rings is 2. The predicted molar refractivity (Wildman–Crippen MR) is 74.5 cm³/mol. The Morgan fingerprint density at radius 2 is 1.72 bits per heavy atom. The van der Waals surface area contributed by atoms with Crippen LogP contribution in [0.25, 0.3) is 0 Å². The van der Waals surface area contributed by atoms with Crippen LogP contribution in [0.15, 0.2) is 42.5 Å². The van der Waals surface area contributed by atoms with Gasteiger partial charge in [-0.3, -0.25) is 0 Å². The van der Waals surface area contributed by atoms with Gasteiger partial charge in [-0.2, -0.15) is 0 Å². The van der Waals surface area contributed by atoms with Gasteiger partial charge in [0.2, 0.25) is 0 Å². The molecular weight excluding hydrogens is 244 g/mol. The highest BCUT2D eigenvalue weighted by molar-refractivity contribution is 6.22. The molecule has 1 nitrogen and oxygen atoms in total. The van der Waals surface area contributed by atoms with E-state index in [9.17, 15) is 0 Å². The largest absolute Gasteiger partial charge is 0.497 e. The van der Waals surface area contributed by atoms with E-state index in [0.29, 0.717) is 0 Å². The van der Waals surface area contributed by atoms with Crippen molar-refractivity contribution in [2.24, 2.45) is 0 Å². The second-order valence-electron chi connectivity index (χ2n) is 4.63. The zero-order valence-electron chi connectivity index (χ0n) is 10.3. The number of ether oxygens (including phenoxy) is 1. The van der Waals surface area contributed by atoms with Crippen LogP contribution in [-0.4, -0.2) is 7.11 Å². The van der Waals surface area contributed by atoms with Crippen molar-refractivity contribution in [2.45, 2.75) is 18.2 Å². The van der Waals surface area contributed by atoms with Crippen LogP contribution in [0.1, 0.15) is 27.6 Å². The monoisotopic (exact) mass is 258 g/mol. The number of methoxy groups -OCH3 is 1. The zero-order chi connectivity index (χ0) is 12.5. The molecule has 0 saturated heterocycles. The van der Waals surface area contributed by atoms with E-state index in [0.717, 1.165) is 18.6 Å². The molecule has 0 fully saturated rings. The standard InChI is InChI=1S/C16H15ClO/c1-18-13-8-9-15-12(10-13)7-6-11-4-2-3-5-14(11)16(15)17/h2-5,8-10,16H,6-7H2,1H3/t16-/m0/s1. The Balaban J connectivity index is 2.11. The van der Waals surface area contributed by atoms with Gasteiger partial charge in [0, 0.05) is 0 Å². The topological polar surface area (TPSA) is 9.23 Å². The molecule has 0 N–H and O–H groups in total. The van der Waals surface area contributed by atoms with Crippen molar-refractivity contribution in [3.63, 3.8) is 0 Å². The van der Waals surface area contributed by atoms with Crippen LogP contribution in [-0.2, 0) is 12.8 Å². The van der Waals surface area contributed by atoms with E-state index in [1.54, 1.807) is 7.11 Å². The third-order valence-corrected chi connectivity index (χ3v) is 4.09. The van der Waals surface area contributed by atoms with E-state index >= 15 is 0 Å². The van der Waals surface area contributed by atoms with E-state index in [1.807, 2.05) is 6.07 Å². The minimum Gasteiger partial charge on any atom is -0.497 e. The lowest BCUT2D eigenvalue weighted by Crippen LogP contribution is -1.97. The molecule has 0 heterocycles. The van der Waals surface area contributed by atoms with Crippen molar-refractivity contribution in [3.8, 4) is 5.75 Å². The molecule has 1 aliphatic carbocycles. The maximum absolute atomic E-state index is 6.64. The Labute approximate surface area is 112 Å². The number of rotatable bonds is 1. The Morgan fingerprint density at radius 1 is 1.00 bits per heavy atom. The SMILES string of the molecule is COc1ccc2c(c1)CCc1ccccc1[C@@H]2Cl. The molecule has 2 aromatic rings. The van der Waals surface area contributed by atoms with Gasteiger partial charge in [0.1, 0.15) is 5.75 Å². The van der Waals surface area contributed by atoms with Crippen LogP contribution < -0.4 is 4.74 Å². The molecule has 92 valence electrons. The molecule has 3 rings (SSSR count). The number of halogens is 1. The molecule has 0 amide bonds. The lowest BCUT2D eigenvalue weighted by molar-refractivity contribution is 0.414. The number of fused-ring (bicyclic) bond motifs is 2. The Kier molecular flexibility index (Phi) is 3.00. The molecule has 0 aromatic heterocycles. The average molecular weight is 259 g/mol. The van der Waals surface area contributed by atoms with Crippen LogP contribution in [0.5, 0.6) is 5.75 Å². The highest BCUT2D eigenvalue weighted by Crippen LogP contribution is 2.38. The first-order chi connectivity index (χ1) is 8.79. The third-order valence-electron chi connectivity index (χ3n) is 3.62. The number of hydrogen-bond acceptors (Lipinski definition) is 1. The third kappa shape index (κ3) is 1.89. The molecule has 2 heteroatoms. The van der Waals surface area contributed by atoms with Gasteiger partial charge in [-0.1, -0.05) is 30.3 Å². The van der Waals surface area contributed by atoms with Crippen molar-refractivity contribution in [3.05, 3.63) is 64.7 Å². The minimum absolute atomic E-state index is 0.0513. The van der Waals surface area contributed by atoms with Gasteiger partial charge < -0.3 is 4.74 Å². The first-order valence-electron chi connectivity index (χ1n) is 6.18. The van der Waals surface area contributed by atoms with E-state index in [-0.39, 0.29) is 5.38 Å². The summed E-state index contributed by atoms with van der Waals surface area (Å²) < 4.78 is 5.29. The van der Waals surface area contributed by atoms with E-state index in [4.69, 9.17) is 16.3 Å². The van der Waals surface area contributed by atoms with Crippen LogP contribution in [0.2, 0.25) is 0 Å². The second-order valence-corrected chi connectivity index (χ2v) is 5.06. The predicted octanol–water partition coefficient (Wildman–Crippen LogP) is 4.12. The molecule has 0 aliphatic heterocycles. The van der Waals surface area contributed by atoms with Gasteiger partial charge in [0.05, 0.1) is 12.5 Å². The van der Waals surface area contributed by atoms with E-state index in [1.165, 1.54) is 22.3 Å². The minimum atomic E-state index is -0.0513. The molecule has 0 spiro atoms. The van der Waals surface area contributed by atoms with E-state index in [2.05, 4.69) is 36.4 Å². The molecular formula is C16H15ClO. The van der Waals surface area contributed by atoms with Gasteiger partial charge in [-0.25, -0.2) is 0 Å². The van der Waals surface area contributed by atoms with Gasteiger partial charge in [-0.05, 0) is 47.2 Å². The summed E-state index contributed by atoms with van der Waals surface area (Å²) in [5.74, 6) is 0.906. The summed E-state index contributed by atoms with van der Waals surface area (Å²) in [5.41, 5.74) is 5.10. The van der Waals surface area contributed by atoms with Crippen molar-refractivity contribution in [1.82, 2.24) is 0 Å². The molecule has 1 atom stereocenters. The Morgan fingerprint density at radius 3 is 2.56 bits per heavy atom. The van der Waals surface area contributed by atoms with Gasteiger partial charge in [0.25, 0.3) is 0 Å². The van der Waals surface area contributed by atoms with Gasteiger partial charge in [-0.15, -0.1) is 11.6 Å². The summed E-state index contributed by atoms with van der Waals surface area (Å²) in [6.07, 6.45) is 2.06. The Bertz CT molecular complexity index is 577. The molecule has 1 aliphatic rings. The van der Waals surface area contributed by atoms with E-state index < -0.39 is 0 Å². The first-order valence-corrected chi connectivity index (χ1v) is 6.62. The van der Waals surface area contributed by atoms with Crippen molar-refractivity contribution in [1.29, 1.82) is 0 Å². The second kappa shape index (κ2) is 4.66. The van der Waals surface area contributed by atoms with Crippen LogP contribution in [0.3, 0.4) is 0 Å². The fourth-order valence-electron chi connectivity index (χ4n) is 2.62. The summed E-state index contributed by atoms with van der Waals surface area (Å²) in [7, 11) is 1.70. The molecule has 0 radical (unpaired) electrons. The lowest BCUT2D eigenvalue weighted by atomic mass is 10.00. The number of hydrogen-bond donors (Lipinski definition) is 0. The Hall–Kier alpha value is -1.47. The van der Waals surface area contributed by atoms with Gasteiger partial charge in [0.15, 0.2) is 0 Å². The molecule has 18 heavy (non-hydrogen) atoms. The normalized spacial score (nSPS) is 17.6. The van der Waals surface area contributed by atoms with Crippen molar-refractivity contribution >= 4 is 11.6 Å². The average Bonchev–Trinajstić information content (AvgIpc) is 2.57. The highest BCUT2D eigenvalue weighted by Gasteiger charge is 2.21. The smallest absolute Gasteiger partial charge is 0.119 e. The molecule has 2 aromatic carbocycles. The molecule has 0 unspecified atom stereocenters. The zero-order valence-corrected chi connectivity index (χ0v) is 11.1. The summed E-state index contributed by atoms with van der Waals surface area (Å²) in [6.45, 7) is 0. The van der Waals surface area contributed by atoms with Crippen molar-refractivity contribution < 1.29 is 4.74 Å². The van der Waals surface area contributed by atoms with Crippen LogP contribution >= 0.6 is 11.6 Å². The lowest BCUT2D eigenvalue weighted by Gasteiger charge is -2.14. The van der Waals surface area contributed by atoms with Crippen LogP contribution in [0, 0.1) is 0 Å². The van der Waals surface area contributed by atoms with Crippen molar-refractivity contribution in [2.75, 3.05) is 7.11 Å². The summed E-state index contributed by atoms with van der Waals surface area (Å²) in [6, 6.07) is 14.6. The summed E-state index contributed by atoms with van der Waals surface area (Å²) >= 11 is 6.64. The maximum Gasteiger partial charge on any atom is 0.119 e. The number of alkyl halides is 1. The maximum atomic E-state index is 6.64. The van der Waals surface area contributed by atoms with Crippen LogP contribution in [0.4, 0.5) is 0 Å². The first kappa shape index (κ1) is 11.6. The fourth-order valence-corrected chi connectivity index (χ4v) is 3.04. The highest BCUT2D eigenvalue weighted by atomic mass is 35.5. The molecule has 0 bridgehead atoms. The van der Waals surface area contributed by atoms with Gasteiger partial charge >= 0.3 is 0 Å². The quantitative estimate of drug-likeness (QED) is 0.699. The summed E-state index contributed by atoms with van der Waals surface area (Å²) in [5, 5.41) is -0.0513. The molecule has 0 saturated carbocycles. The number of aryl methyl sites for hydroxylation is 2.